The number of aliphatic hydroxyl groups is 1. The zero-order valence-electron chi connectivity index (χ0n) is 7.90. The molecule has 0 aromatic heterocycles. The van der Waals surface area contributed by atoms with Gasteiger partial charge < -0.3 is 14.9 Å². The summed E-state index contributed by atoms with van der Waals surface area (Å²) >= 11 is 1.30. The number of carbonyl (C=O) groups is 1. The molecule has 4 nitrogen and oxygen atoms in total. The second-order valence-electron chi connectivity index (χ2n) is 2.90. The van der Waals surface area contributed by atoms with Crippen molar-refractivity contribution in [2.75, 3.05) is 26.1 Å². The third-order valence-electron chi connectivity index (χ3n) is 1.49. The molecule has 0 heterocycles. The van der Waals surface area contributed by atoms with E-state index in [-0.39, 0.29) is 19.1 Å². The molecule has 0 spiro atoms. The van der Waals surface area contributed by atoms with E-state index in [1.165, 1.54) is 18.9 Å². The van der Waals surface area contributed by atoms with Crippen molar-refractivity contribution in [3.63, 3.8) is 0 Å². The van der Waals surface area contributed by atoms with Crippen LogP contribution in [0.25, 0.3) is 0 Å². The average molecular weight is 208 g/mol. The molecule has 2 atom stereocenters. The van der Waals surface area contributed by atoms with Crippen LogP contribution >= 0.6 is 11.8 Å². The first-order valence-corrected chi connectivity index (χ1v) is 5.10. The Balaban J connectivity index is 3.75. The third kappa shape index (κ3) is 5.90. The number of aliphatic carboxylic acids is 1. The molecular weight excluding hydrogens is 192 g/mol. The molecule has 5 heteroatoms. The monoisotopic (exact) mass is 208 g/mol. The summed E-state index contributed by atoms with van der Waals surface area (Å²) in [5, 5.41) is 16.9. The Kier molecular flexibility index (Phi) is 7.03. The second-order valence-corrected chi connectivity index (χ2v) is 4.14. The van der Waals surface area contributed by atoms with Crippen LogP contribution in [0.2, 0.25) is 0 Å². The number of aliphatic hydroxyl groups excluding tert-OH is 1. The maximum atomic E-state index is 10.6. The zero-order chi connectivity index (χ0) is 10.3. The van der Waals surface area contributed by atoms with E-state index < -0.39 is 11.2 Å². The van der Waals surface area contributed by atoms with Crippen molar-refractivity contribution in [2.45, 2.75) is 12.2 Å². The molecule has 0 bridgehead atoms. The Labute approximate surface area is 82.3 Å². The van der Waals surface area contributed by atoms with Gasteiger partial charge in [0.25, 0.3) is 0 Å². The van der Waals surface area contributed by atoms with Gasteiger partial charge in [0.2, 0.25) is 0 Å². The van der Waals surface area contributed by atoms with Crippen LogP contribution in [0, 0.1) is 5.92 Å². The number of carboxylic acid groups (broad SMARTS) is 1. The lowest BCUT2D eigenvalue weighted by atomic mass is 10.2. The lowest BCUT2D eigenvalue weighted by Gasteiger charge is -2.13. The van der Waals surface area contributed by atoms with Gasteiger partial charge in [-0.05, 0) is 11.7 Å². The molecule has 0 radical (unpaired) electrons. The maximum Gasteiger partial charge on any atom is 0.319 e. The van der Waals surface area contributed by atoms with Gasteiger partial charge in [0.1, 0.15) is 5.25 Å². The van der Waals surface area contributed by atoms with Crippen molar-refractivity contribution < 1.29 is 19.7 Å². The van der Waals surface area contributed by atoms with Gasteiger partial charge in [0.05, 0.1) is 6.61 Å². The van der Waals surface area contributed by atoms with Crippen molar-refractivity contribution in [3.8, 4) is 0 Å². The molecule has 0 aliphatic heterocycles. The lowest BCUT2D eigenvalue weighted by Crippen LogP contribution is -2.23. The van der Waals surface area contributed by atoms with Gasteiger partial charge in [-0.2, -0.15) is 0 Å². The van der Waals surface area contributed by atoms with Crippen LogP contribution in [0.15, 0.2) is 0 Å². The standard InChI is InChI=1S/C8H16O4S/c1-6(3-9)5-13-7(4-12-2)8(10)11/h6-7,9H,3-5H2,1-2H3,(H,10,11). The van der Waals surface area contributed by atoms with E-state index in [9.17, 15) is 4.79 Å². The van der Waals surface area contributed by atoms with Crippen LogP contribution in [-0.2, 0) is 9.53 Å². The van der Waals surface area contributed by atoms with Crippen molar-refractivity contribution in [2.24, 2.45) is 5.92 Å². The van der Waals surface area contributed by atoms with E-state index >= 15 is 0 Å². The molecule has 13 heavy (non-hydrogen) atoms. The Morgan fingerprint density at radius 2 is 2.23 bits per heavy atom. The van der Waals surface area contributed by atoms with E-state index in [0.29, 0.717) is 5.75 Å². The Bertz CT molecular complexity index is 151. The van der Waals surface area contributed by atoms with Crippen LogP contribution in [-0.4, -0.2) is 47.5 Å². The smallest absolute Gasteiger partial charge is 0.319 e. The summed E-state index contributed by atoms with van der Waals surface area (Å²) < 4.78 is 4.77. The van der Waals surface area contributed by atoms with Gasteiger partial charge in [-0.25, -0.2) is 0 Å². The minimum atomic E-state index is -0.864. The Hall–Kier alpha value is -0.260. The molecule has 78 valence electrons. The number of rotatable bonds is 7. The SMILES string of the molecule is COCC(SCC(C)CO)C(=O)O. The summed E-state index contributed by atoms with van der Waals surface area (Å²) in [6.07, 6.45) is 0. The van der Waals surface area contributed by atoms with Gasteiger partial charge >= 0.3 is 5.97 Å². The van der Waals surface area contributed by atoms with Gasteiger partial charge in [0, 0.05) is 13.7 Å². The molecule has 0 saturated carbocycles. The molecule has 0 aromatic rings. The number of methoxy groups -OCH3 is 1. The first kappa shape index (κ1) is 12.7. The van der Waals surface area contributed by atoms with Crippen LogP contribution in [0.1, 0.15) is 6.92 Å². The number of ether oxygens (including phenoxy) is 1. The molecule has 0 rings (SSSR count). The summed E-state index contributed by atoms with van der Waals surface area (Å²) in [5.74, 6) is -0.0997. The zero-order valence-corrected chi connectivity index (χ0v) is 8.71. The first-order valence-electron chi connectivity index (χ1n) is 4.06. The molecule has 0 saturated heterocycles. The number of hydrogen-bond donors (Lipinski definition) is 2. The highest BCUT2D eigenvalue weighted by molar-refractivity contribution is 8.00. The van der Waals surface area contributed by atoms with E-state index in [0.717, 1.165) is 0 Å². The van der Waals surface area contributed by atoms with E-state index in [1.54, 1.807) is 0 Å². The quantitative estimate of drug-likeness (QED) is 0.636. The highest BCUT2D eigenvalue weighted by Crippen LogP contribution is 2.15. The summed E-state index contributed by atoms with van der Waals surface area (Å²) in [4.78, 5) is 10.6. The Morgan fingerprint density at radius 1 is 1.62 bits per heavy atom. The molecular formula is C8H16O4S. The molecule has 0 aromatic carbocycles. The fourth-order valence-corrected chi connectivity index (χ4v) is 1.72. The van der Waals surface area contributed by atoms with Gasteiger partial charge in [-0.1, -0.05) is 6.92 Å². The largest absolute Gasteiger partial charge is 0.480 e. The summed E-state index contributed by atoms with van der Waals surface area (Å²) in [6.45, 7) is 2.17. The fourth-order valence-electron chi connectivity index (χ4n) is 0.675. The fraction of sp³-hybridized carbons (Fsp3) is 0.875. The molecule has 0 aliphatic carbocycles. The normalized spacial score (nSPS) is 15.3. The number of carboxylic acids is 1. The third-order valence-corrected chi connectivity index (χ3v) is 2.99. The molecule has 2 unspecified atom stereocenters. The highest BCUT2D eigenvalue weighted by Gasteiger charge is 2.18. The summed E-state index contributed by atoms with van der Waals surface area (Å²) in [5.41, 5.74) is 0. The van der Waals surface area contributed by atoms with Crippen LogP contribution in [0.3, 0.4) is 0 Å². The van der Waals surface area contributed by atoms with Crippen LogP contribution < -0.4 is 0 Å². The van der Waals surface area contributed by atoms with Gasteiger partial charge in [0.15, 0.2) is 0 Å². The Morgan fingerprint density at radius 3 is 2.62 bits per heavy atom. The topological polar surface area (TPSA) is 66.8 Å². The first-order chi connectivity index (χ1) is 6.11. The van der Waals surface area contributed by atoms with Crippen LogP contribution in [0.5, 0.6) is 0 Å². The second kappa shape index (κ2) is 7.17. The summed E-state index contributed by atoms with van der Waals surface area (Å²) in [6, 6.07) is 0. The van der Waals surface area contributed by atoms with E-state index in [1.807, 2.05) is 6.92 Å². The van der Waals surface area contributed by atoms with Gasteiger partial charge in [-0.3, -0.25) is 4.79 Å². The van der Waals surface area contributed by atoms with Crippen molar-refractivity contribution in [3.05, 3.63) is 0 Å². The summed E-state index contributed by atoms with van der Waals surface area (Å²) in [7, 11) is 1.48. The minimum Gasteiger partial charge on any atom is -0.480 e. The van der Waals surface area contributed by atoms with Crippen LogP contribution in [0.4, 0.5) is 0 Å². The molecule has 2 N–H and O–H groups in total. The maximum absolute atomic E-state index is 10.6. The van der Waals surface area contributed by atoms with Gasteiger partial charge in [-0.15, -0.1) is 11.8 Å². The van der Waals surface area contributed by atoms with Crippen molar-refractivity contribution in [1.29, 1.82) is 0 Å². The van der Waals surface area contributed by atoms with E-state index in [2.05, 4.69) is 0 Å². The molecule has 0 amide bonds. The van der Waals surface area contributed by atoms with E-state index in [4.69, 9.17) is 14.9 Å². The van der Waals surface area contributed by atoms with Crippen molar-refractivity contribution in [1.82, 2.24) is 0 Å². The van der Waals surface area contributed by atoms with Crippen molar-refractivity contribution >= 4 is 17.7 Å². The lowest BCUT2D eigenvalue weighted by molar-refractivity contribution is -0.137. The minimum absolute atomic E-state index is 0.0896. The molecule has 0 aliphatic rings. The number of thioether (sulfide) groups is 1. The molecule has 0 fully saturated rings. The average Bonchev–Trinajstić information content (AvgIpc) is 2.11. The highest BCUT2D eigenvalue weighted by atomic mass is 32.2. The predicted molar refractivity (Wildman–Crippen MR) is 52.0 cm³/mol. The number of hydrogen-bond acceptors (Lipinski definition) is 4. The predicted octanol–water partition coefficient (Wildman–Crippen LogP) is 0.448.